The first-order chi connectivity index (χ1) is 14.9. The van der Waals surface area contributed by atoms with Crippen molar-refractivity contribution in [2.75, 3.05) is 25.0 Å². The molecule has 2 amide bonds. The lowest BCUT2D eigenvalue weighted by molar-refractivity contribution is -0.119. The molecule has 3 rings (SSSR count). The maximum absolute atomic E-state index is 12.6. The molecule has 0 atom stereocenters. The monoisotopic (exact) mass is 423 g/mol. The molecule has 0 unspecified atom stereocenters. The Balaban J connectivity index is 1.41. The van der Waals surface area contributed by atoms with E-state index < -0.39 is 0 Å². The standard InChI is InChI=1S/C25H33N3O3/c1-18(2)31-23-10-4-20(5-11-23)16-27-24(29)17-26-22-8-6-21(7-9-22)25(30)28-14-12-19(3)13-15-28/h4-11,18-19,26H,12-17H2,1-3H3,(H,27,29). The third-order valence-corrected chi connectivity index (χ3v) is 5.44. The summed E-state index contributed by atoms with van der Waals surface area (Å²) in [6.45, 7) is 8.50. The molecule has 1 aliphatic rings. The maximum Gasteiger partial charge on any atom is 0.253 e. The molecule has 6 heteroatoms. The van der Waals surface area contributed by atoms with Crippen LogP contribution in [0, 0.1) is 5.92 Å². The third kappa shape index (κ3) is 7.02. The van der Waals surface area contributed by atoms with Gasteiger partial charge in [-0.25, -0.2) is 0 Å². The molecule has 2 N–H and O–H groups in total. The van der Waals surface area contributed by atoms with Crippen LogP contribution in [-0.2, 0) is 11.3 Å². The lowest BCUT2D eigenvalue weighted by Gasteiger charge is -2.30. The van der Waals surface area contributed by atoms with Gasteiger partial charge in [-0.2, -0.15) is 0 Å². The van der Waals surface area contributed by atoms with Gasteiger partial charge in [0.2, 0.25) is 5.91 Å². The zero-order valence-electron chi connectivity index (χ0n) is 18.7. The van der Waals surface area contributed by atoms with Crippen LogP contribution in [0.3, 0.4) is 0 Å². The van der Waals surface area contributed by atoms with Crippen LogP contribution in [0.25, 0.3) is 0 Å². The Morgan fingerprint density at radius 1 is 1.03 bits per heavy atom. The molecule has 0 aromatic heterocycles. The van der Waals surface area contributed by atoms with E-state index in [0.717, 1.165) is 42.9 Å². The molecule has 1 fully saturated rings. The van der Waals surface area contributed by atoms with Crippen molar-refractivity contribution >= 4 is 17.5 Å². The number of likely N-dealkylation sites (tertiary alicyclic amines) is 1. The van der Waals surface area contributed by atoms with E-state index in [1.54, 1.807) is 0 Å². The van der Waals surface area contributed by atoms with Crippen molar-refractivity contribution in [1.82, 2.24) is 10.2 Å². The van der Waals surface area contributed by atoms with Crippen LogP contribution in [0.2, 0.25) is 0 Å². The molecule has 6 nitrogen and oxygen atoms in total. The van der Waals surface area contributed by atoms with Crippen LogP contribution in [0.5, 0.6) is 5.75 Å². The Kier molecular flexibility index (Phi) is 7.93. The highest BCUT2D eigenvalue weighted by Gasteiger charge is 2.21. The fourth-order valence-electron chi connectivity index (χ4n) is 3.53. The maximum atomic E-state index is 12.6. The first kappa shape index (κ1) is 22.7. The van der Waals surface area contributed by atoms with Gasteiger partial charge in [0.25, 0.3) is 5.91 Å². The van der Waals surface area contributed by atoms with Crippen molar-refractivity contribution in [1.29, 1.82) is 0 Å². The van der Waals surface area contributed by atoms with E-state index in [9.17, 15) is 9.59 Å². The molecule has 1 aliphatic heterocycles. The third-order valence-electron chi connectivity index (χ3n) is 5.44. The molecular formula is C25H33N3O3. The Labute approximate surface area is 185 Å². The van der Waals surface area contributed by atoms with Crippen LogP contribution in [0.4, 0.5) is 5.69 Å². The SMILES string of the molecule is CC1CCN(C(=O)c2ccc(NCC(=O)NCc3ccc(OC(C)C)cc3)cc2)CC1. The average molecular weight is 424 g/mol. The summed E-state index contributed by atoms with van der Waals surface area (Å²) in [7, 11) is 0. The van der Waals surface area contributed by atoms with Gasteiger partial charge in [0.15, 0.2) is 0 Å². The van der Waals surface area contributed by atoms with Crippen LogP contribution in [0.15, 0.2) is 48.5 Å². The van der Waals surface area contributed by atoms with Gasteiger partial charge in [0.1, 0.15) is 5.75 Å². The normalized spacial score (nSPS) is 14.4. The van der Waals surface area contributed by atoms with E-state index in [4.69, 9.17) is 4.74 Å². The number of carbonyl (C=O) groups excluding carboxylic acids is 2. The Morgan fingerprint density at radius 3 is 2.29 bits per heavy atom. The summed E-state index contributed by atoms with van der Waals surface area (Å²) in [4.78, 5) is 26.7. The number of ether oxygens (including phenoxy) is 1. The number of amides is 2. The van der Waals surface area contributed by atoms with E-state index in [-0.39, 0.29) is 24.5 Å². The lowest BCUT2D eigenvalue weighted by atomic mass is 9.98. The molecule has 0 aliphatic carbocycles. The second-order valence-corrected chi connectivity index (χ2v) is 8.49. The lowest BCUT2D eigenvalue weighted by Crippen LogP contribution is -2.37. The van der Waals surface area contributed by atoms with E-state index in [2.05, 4.69) is 17.6 Å². The number of nitrogens with zero attached hydrogens (tertiary/aromatic N) is 1. The van der Waals surface area contributed by atoms with Crippen LogP contribution in [0.1, 0.15) is 49.5 Å². The Hall–Kier alpha value is -3.02. The zero-order chi connectivity index (χ0) is 22.2. The van der Waals surface area contributed by atoms with Crippen molar-refractivity contribution < 1.29 is 14.3 Å². The predicted molar refractivity (Wildman–Crippen MR) is 123 cm³/mol. The highest BCUT2D eigenvalue weighted by atomic mass is 16.5. The summed E-state index contributed by atoms with van der Waals surface area (Å²) in [6.07, 6.45) is 2.27. The van der Waals surface area contributed by atoms with Crippen molar-refractivity contribution in [3.8, 4) is 5.75 Å². The van der Waals surface area contributed by atoms with E-state index in [1.165, 1.54) is 0 Å². The number of piperidine rings is 1. The van der Waals surface area contributed by atoms with Gasteiger partial charge in [-0.05, 0) is 74.6 Å². The summed E-state index contributed by atoms with van der Waals surface area (Å²) in [5.41, 5.74) is 2.52. The smallest absolute Gasteiger partial charge is 0.253 e. The topological polar surface area (TPSA) is 70.7 Å². The van der Waals surface area contributed by atoms with Gasteiger partial charge in [-0.3, -0.25) is 9.59 Å². The molecule has 1 saturated heterocycles. The van der Waals surface area contributed by atoms with Gasteiger partial charge < -0.3 is 20.3 Å². The number of rotatable bonds is 8. The highest BCUT2D eigenvalue weighted by Crippen LogP contribution is 2.19. The quantitative estimate of drug-likeness (QED) is 0.671. The van der Waals surface area contributed by atoms with Gasteiger partial charge >= 0.3 is 0 Å². The molecular weight excluding hydrogens is 390 g/mol. The fourth-order valence-corrected chi connectivity index (χ4v) is 3.53. The van der Waals surface area contributed by atoms with E-state index in [0.29, 0.717) is 18.0 Å². The predicted octanol–water partition coefficient (Wildman–Crippen LogP) is 4.07. The summed E-state index contributed by atoms with van der Waals surface area (Å²) < 4.78 is 5.62. The van der Waals surface area contributed by atoms with Crippen molar-refractivity contribution in [2.45, 2.75) is 46.3 Å². The summed E-state index contributed by atoms with van der Waals surface area (Å²) in [5, 5.41) is 6.01. The number of hydrogen-bond acceptors (Lipinski definition) is 4. The largest absolute Gasteiger partial charge is 0.491 e. The van der Waals surface area contributed by atoms with Gasteiger partial charge in [0.05, 0.1) is 12.6 Å². The van der Waals surface area contributed by atoms with Gasteiger partial charge in [-0.1, -0.05) is 19.1 Å². The zero-order valence-corrected chi connectivity index (χ0v) is 18.7. The minimum Gasteiger partial charge on any atom is -0.491 e. The molecule has 31 heavy (non-hydrogen) atoms. The van der Waals surface area contributed by atoms with E-state index >= 15 is 0 Å². The molecule has 0 spiro atoms. The first-order valence-corrected chi connectivity index (χ1v) is 11.1. The van der Waals surface area contributed by atoms with Crippen LogP contribution in [-0.4, -0.2) is 42.5 Å². The van der Waals surface area contributed by atoms with Crippen LogP contribution < -0.4 is 15.4 Å². The van der Waals surface area contributed by atoms with Crippen molar-refractivity contribution in [2.24, 2.45) is 5.92 Å². The number of anilines is 1. The summed E-state index contributed by atoms with van der Waals surface area (Å²) in [6, 6.07) is 15.1. The molecule has 166 valence electrons. The summed E-state index contributed by atoms with van der Waals surface area (Å²) in [5.74, 6) is 1.51. The molecule has 0 radical (unpaired) electrons. The average Bonchev–Trinajstić information content (AvgIpc) is 2.77. The number of benzene rings is 2. The van der Waals surface area contributed by atoms with Crippen LogP contribution >= 0.6 is 0 Å². The Bertz CT molecular complexity index is 855. The number of nitrogens with one attached hydrogen (secondary N) is 2. The second-order valence-electron chi connectivity index (χ2n) is 8.49. The Morgan fingerprint density at radius 2 is 1.68 bits per heavy atom. The highest BCUT2D eigenvalue weighted by molar-refractivity contribution is 5.94. The second kappa shape index (κ2) is 10.8. The number of hydrogen-bond donors (Lipinski definition) is 2. The van der Waals surface area contributed by atoms with Gasteiger partial charge in [-0.15, -0.1) is 0 Å². The molecule has 0 bridgehead atoms. The van der Waals surface area contributed by atoms with Crippen molar-refractivity contribution in [3.63, 3.8) is 0 Å². The minimum absolute atomic E-state index is 0.0843. The summed E-state index contributed by atoms with van der Waals surface area (Å²) >= 11 is 0. The number of carbonyl (C=O) groups is 2. The van der Waals surface area contributed by atoms with E-state index in [1.807, 2.05) is 67.3 Å². The first-order valence-electron chi connectivity index (χ1n) is 11.1. The van der Waals surface area contributed by atoms with Crippen molar-refractivity contribution in [3.05, 3.63) is 59.7 Å². The fraction of sp³-hybridized carbons (Fsp3) is 0.440. The molecule has 0 saturated carbocycles. The molecule has 1 heterocycles. The molecule has 2 aromatic carbocycles. The molecule has 2 aromatic rings. The van der Waals surface area contributed by atoms with Gasteiger partial charge in [0, 0.05) is 30.9 Å². The minimum atomic E-state index is -0.0925.